The Morgan fingerprint density at radius 3 is 2.48 bits per heavy atom. The molecule has 3 rings (SSSR count). The van der Waals surface area contributed by atoms with Crippen molar-refractivity contribution in [1.29, 1.82) is 0 Å². The van der Waals surface area contributed by atoms with Gasteiger partial charge in [-0.1, -0.05) is 41.4 Å². The standard InChI is InChI=1S/C17H12Cl2N2O3S/c18-12-6-8-15(16(19)10-12)17-9-7-13(24-17)11-20-21-25(22,23)14-4-2-1-3-5-14/h1-11,21H/b20-11+. The third-order valence-corrected chi connectivity index (χ3v) is 5.03. The van der Waals surface area contributed by atoms with Crippen LogP contribution in [-0.4, -0.2) is 14.6 Å². The average molecular weight is 395 g/mol. The molecule has 5 nitrogen and oxygen atoms in total. The number of nitrogens with zero attached hydrogens (tertiary/aromatic N) is 1. The minimum absolute atomic E-state index is 0.125. The summed E-state index contributed by atoms with van der Waals surface area (Å²) in [5, 5.41) is 4.70. The largest absolute Gasteiger partial charge is 0.455 e. The predicted molar refractivity (Wildman–Crippen MR) is 98.5 cm³/mol. The van der Waals surface area contributed by atoms with Gasteiger partial charge in [-0.2, -0.15) is 18.4 Å². The number of furan rings is 1. The minimum atomic E-state index is -3.71. The van der Waals surface area contributed by atoms with Crippen molar-refractivity contribution in [3.8, 4) is 11.3 Å². The minimum Gasteiger partial charge on any atom is -0.455 e. The molecule has 1 heterocycles. The van der Waals surface area contributed by atoms with Crippen molar-refractivity contribution >= 4 is 39.4 Å². The van der Waals surface area contributed by atoms with Crippen molar-refractivity contribution in [1.82, 2.24) is 4.83 Å². The van der Waals surface area contributed by atoms with Crippen LogP contribution in [0.25, 0.3) is 11.3 Å². The lowest BCUT2D eigenvalue weighted by Gasteiger charge is -2.02. The molecule has 0 amide bonds. The fourth-order valence-electron chi connectivity index (χ4n) is 2.07. The predicted octanol–water partition coefficient (Wildman–Crippen LogP) is 4.57. The van der Waals surface area contributed by atoms with E-state index in [1.807, 2.05) is 0 Å². The number of hydrogen-bond donors (Lipinski definition) is 1. The van der Waals surface area contributed by atoms with Gasteiger partial charge in [0, 0.05) is 10.6 Å². The molecule has 1 N–H and O–H groups in total. The Labute approximate surface area is 154 Å². The molecular formula is C17H12Cl2N2O3S. The van der Waals surface area contributed by atoms with Crippen LogP contribution in [0.1, 0.15) is 5.76 Å². The molecule has 0 unspecified atom stereocenters. The maximum Gasteiger partial charge on any atom is 0.276 e. The van der Waals surface area contributed by atoms with Crippen molar-refractivity contribution in [2.24, 2.45) is 5.10 Å². The normalized spacial score (nSPS) is 11.8. The number of rotatable bonds is 5. The van der Waals surface area contributed by atoms with E-state index in [0.29, 0.717) is 27.1 Å². The molecule has 0 saturated carbocycles. The first-order valence-corrected chi connectivity index (χ1v) is 9.35. The van der Waals surface area contributed by atoms with Crippen LogP contribution in [0.5, 0.6) is 0 Å². The second kappa shape index (κ2) is 7.31. The summed E-state index contributed by atoms with van der Waals surface area (Å²) in [6.07, 6.45) is 1.27. The third-order valence-electron chi connectivity index (χ3n) is 3.24. The van der Waals surface area contributed by atoms with Gasteiger partial charge in [-0.15, -0.1) is 0 Å². The van der Waals surface area contributed by atoms with Gasteiger partial charge in [0.15, 0.2) is 0 Å². The summed E-state index contributed by atoms with van der Waals surface area (Å²) >= 11 is 12.0. The number of hydrogen-bond acceptors (Lipinski definition) is 4. The second-order valence-corrected chi connectivity index (χ2v) is 7.50. The molecule has 128 valence electrons. The van der Waals surface area contributed by atoms with Crippen LogP contribution >= 0.6 is 23.2 Å². The summed E-state index contributed by atoms with van der Waals surface area (Å²) in [6.45, 7) is 0. The average Bonchev–Trinajstić information content (AvgIpc) is 3.04. The summed E-state index contributed by atoms with van der Waals surface area (Å²) in [6, 6.07) is 16.4. The highest BCUT2D eigenvalue weighted by molar-refractivity contribution is 7.89. The molecule has 3 aromatic rings. The van der Waals surface area contributed by atoms with E-state index in [0.717, 1.165) is 0 Å². The van der Waals surface area contributed by atoms with E-state index in [1.165, 1.54) is 18.3 Å². The van der Waals surface area contributed by atoms with Crippen LogP contribution in [0.2, 0.25) is 10.0 Å². The van der Waals surface area contributed by atoms with Gasteiger partial charge in [-0.05, 0) is 42.5 Å². The highest BCUT2D eigenvalue weighted by atomic mass is 35.5. The van der Waals surface area contributed by atoms with E-state index >= 15 is 0 Å². The first-order chi connectivity index (χ1) is 12.0. The topological polar surface area (TPSA) is 71.7 Å². The zero-order chi connectivity index (χ0) is 17.9. The zero-order valence-electron chi connectivity index (χ0n) is 12.7. The first kappa shape index (κ1) is 17.5. The van der Waals surface area contributed by atoms with Gasteiger partial charge in [0.05, 0.1) is 16.1 Å². The molecule has 0 aliphatic carbocycles. The highest BCUT2D eigenvalue weighted by Crippen LogP contribution is 2.31. The van der Waals surface area contributed by atoms with Crippen LogP contribution in [0.15, 0.2) is 75.1 Å². The van der Waals surface area contributed by atoms with Crippen molar-refractivity contribution in [3.05, 3.63) is 76.5 Å². The zero-order valence-corrected chi connectivity index (χ0v) is 15.0. The Bertz CT molecular complexity index is 1020. The van der Waals surface area contributed by atoms with E-state index in [2.05, 4.69) is 9.93 Å². The summed E-state index contributed by atoms with van der Waals surface area (Å²) in [5.74, 6) is 0.894. The smallest absolute Gasteiger partial charge is 0.276 e. The van der Waals surface area contributed by atoms with Crippen molar-refractivity contribution in [3.63, 3.8) is 0 Å². The number of halogens is 2. The Morgan fingerprint density at radius 1 is 1.00 bits per heavy atom. The summed E-state index contributed by atoms with van der Waals surface area (Å²) in [7, 11) is -3.71. The molecule has 0 bridgehead atoms. The van der Waals surface area contributed by atoms with E-state index < -0.39 is 10.0 Å². The maximum atomic E-state index is 12.0. The second-order valence-electron chi connectivity index (χ2n) is 4.99. The molecule has 8 heteroatoms. The monoisotopic (exact) mass is 394 g/mol. The SMILES string of the molecule is O=S(=O)(N/N=C/c1ccc(-c2ccc(Cl)cc2Cl)o1)c1ccccc1. The molecule has 0 atom stereocenters. The molecule has 0 aliphatic rings. The van der Waals surface area contributed by atoms with Crippen LogP contribution in [0, 0.1) is 0 Å². The number of sulfonamides is 1. The number of nitrogens with one attached hydrogen (secondary N) is 1. The molecule has 2 aromatic carbocycles. The van der Waals surface area contributed by atoms with E-state index in [-0.39, 0.29) is 4.90 Å². The van der Waals surface area contributed by atoms with Crippen LogP contribution < -0.4 is 4.83 Å². The molecule has 0 aliphatic heterocycles. The number of benzene rings is 2. The summed E-state index contributed by atoms with van der Waals surface area (Å²) in [5.41, 5.74) is 0.676. The Hall–Kier alpha value is -2.28. The van der Waals surface area contributed by atoms with E-state index in [1.54, 1.807) is 48.5 Å². The first-order valence-electron chi connectivity index (χ1n) is 7.11. The lowest BCUT2D eigenvalue weighted by molar-refractivity contribution is 0.573. The third kappa shape index (κ3) is 4.22. The summed E-state index contributed by atoms with van der Waals surface area (Å²) in [4.78, 5) is 2.26. The van der Waals surface area contributed by atoms with Gasteiger partial charge < -0.3 is 4.42 Å². The highest BCUT2D eigenvalue weighted by Gasteiger charge is 2.12. The lowest BCUT2D eigenvalue weighted by atomic mass is 10.2. The molecule has 0 fully saturated rings. The molecular weight excluding hydrogens is 383 g/mol. The quantitative estimate of drug-likeness (QED) is 0.508. The lowest BCUT2D eigenvalue weighted by Crippen LogP contribution is -2.18. The van der Waals surface area contributed by atoms with E-state index in [4.69, 9.17) is 27.6 Å². The van der Waals surface area contributed by atoms with Gasteiger partial charge >= 0.3 is 0 Å². The molecule has 1 aromatic heterocycles. The maximum absolute atomic E-state index is 12.0. The Morgan fingerprint density at radius 2 is 1.76 bits per heavy atom. The van der Waals surface area contributed by atoms with Crippen LogP contribution in [0.4, 0.5) is 0 Å². The fraction of sp³-hybridized carbons (Fsp3) is 0. The van der Waals surface area contributed by atoms with Crippen molar-refractivity contribution < 1.29 is 12.8 Å². The van der Waals surface area contributed by atoms with Gasteiger partial charge in [-0.3, -0.25) is 0 Å². The summed E-state index contributed by atoms with van der Waals surface area (Å²) < 4.78 is 29.7. The van der Waals surface area contributed by atoms with Gasteiger partial charge in [-0.25, -0.2) is 0 Å². The van der Waals surface area contributed by atoms with Crippen molar-refractivity contribution in [2.75, 3.05) is 0 Å². The van der Waals surface area contributed by atoms with Gasteiger partial charge in [0.1, 0.15) is 11.5 Å². The number of hydrazone groups is 1. The molecule has 0 radical (unpaired) electrons. The van der Waals surface area contributed by atoms with Crippen molar-refractivity contribution in [2.45, 2.75) is 4.90 Å². The van der Waals surface area contributed by atoms with Gasteiger partial charge in [0.25, 0.3) is 10.0 Å². The molecule has 0 spiro atoms. The Kier molecular flexibility index (Phi) is 5.13. The van der Waals surface area contributed by atoms with Gasteiger partial charge in [0.2, 0.25) is 0 Å². The molecule has 25 heavy (non-hydrogen) atoms. The van der Waals surface area contributed by atoms with Crippen LogP contribution in [0.3, 0.4) is 0 Å². The Balaban J connectivity index is 1.74. The van der Waals surface area contributed by atoms with E-state index in [9.17, 15) is 8.42 Å². The van der Waals surface area contributed by atoms with Crippen LogP contribution in [-0.2, 0) is 10.0 Å². The molecule has 0 saturated heterocycles. The fourth-order valence-corrected chi connectivity index (χ4v) is 3.38.